The molecule has 2 atom stereocenters. The Labute approximate surface area is 126 Å². The average molecular weight is 281 g/mol. The predicted molar refractivity (Wildman–Crippen MR) is 87.1 cm³/mol. The van der Waals surface area contributed by atoms with Gasteiger partial charge in [-0.25, -0.2) is 0 Å². The van der Waals surface area contributed by atoms with Gasteiger partial charge >= 0.3 is 0 Å². The molecule has 2 aliphatic rings. The molecule has 0 radical (unpaired) electrons. The van der Waals surface area contributed by atoms with E-state index < -0.39 is 0 Å². The lowest BCUT2D eigenvalue weighted by atomic mass is 9.81. The SMILES string of the molecule is CCC(CC)(CNC1CC1)CN1CC(C)C(N(C)C)C1. The molecule has 0 bridgehead atoms. The molecule has 20 heavy (non-hydrogen) atoms. The monoisotopic (exact) mass is 281 g/mol. The fraction of sp³-hybridized carbons (Fsp3) is 1.00. The quantitative estimate of drug-likeness (QED) is 0.737. The summed E-state index contributed by atoms with van der Waals surface area (Å²) in [5.41, 5.74) is 0.476. The summed E-state index contributed by atoms with van der Waals surface area (Å²) in [6, 6.07) is 1.57. The molecule has 1 aliphatic carbocycles. The number of nitrogens with one attached hydrogen (secondary N) is 1. The smallest absolute Gasteiger partial charge is 0.0254 e. The van der Waals surface area contributed by atoms with Crippen LogP contribution in [-0.4, -0.2) is 62.2 Å². The normalized spacial score (nSPS) is 28.5. The summed E-state index contributed by atoms with van der Waals surface area (Å²) in [6.07, 6.45) is 5.38. The third-order valence-electron chi connectivity index (χ3n) is 5.71. The fourth-order valence-electron chi connectivity index (χ4n) is 3.75. The van der Waals surface area contributed by atoms with Gasteiger partial charge < -0.3 is 15.1 Å². The van der Waals surface area contributed by atoms with Crippen LogP contribution >= 0.6 is 0 Å². The van der Waals surface area contributed by atoms with Gasteiger partial charge in [0.05, 0.1) is 0 Å². The zero-order chi connectivity index (χ0) is 14.8. The molecule has 1 saturated heterocycles. The molecule has 0 amide bonds. The van der Waals surface area contributed by atoms with Crippen molar-refractivity contribution in [3.05, 3.63) is 0 Å². The molecule has 0 spiro atoms. The van der Waals surface area contributed by atoms with Gasteiger partial charge in [0.2, 0.25) is 0 Å². The number of nitrogens with zero attached hydrogens (tertiary/aromatic N) is 2. The van der Waals surface area contributed by atoms with E-state index in [1.807, 2.05) is 0 Å². The van der Waals surface area contributed by atoms with Crippen molar-refractivity contribution in [3.8, 4) is 0 Å². The number of likely N-dealkylation sites (N-methyl/N-ethyl adjacent to an activating group) is 1. The third-order valence-corrected chi connectivity index (χ3v) is 5.71. The van der Waals surface area contributed by atoms with Crippen LogP contribution in [0.4, 0.5) is 0 Å². The van der Waals surface area contributed by atoms with Crippen molar-refractivity contribution in [2.45, 2.75) is 58.5 Å². The lowest BCUT2D eigenvalue weighted by Crippen LogP contribution is -2.44. The molecule has 1 aliphatic heterocycles. The van der Waals surface area contributed by atoms with E-state index >= 15 is 0 Å². The first-order chi connectivity index (χ1) is 9.49. The number of rotatable bonds is 8. The van der Waals surface area contributed by atoms with E-state index in [9.17, 15) is 0 Å². The molecular weight excluding hydrogens is 246 g/mol. The van der Waals surface area contributed by atoms with Crippen molar-refractivity contribution in [1.29, 1.82) is 0 Å². The Morgan fingerprint density at radius 2 is 1.80 bits per heavy atom. The van der Waals surface area contributed by atoms with Crippen LogP contribution in [0.25, 0.3) is 0 Å². The van der Waals surface area contributed by atoms with Gasteiger partial charge in [-0.05, 0) is 51.1 Å². The second kappa shape index (κ2) is 6.76. The molecule has 0 aromatic rings. The number of likely N-dealkylation sites (tertiary alicyclic amines) is 1. The predicted octanol–water partition coefficient (Wildman–Crippen LogP) is 2.43. The topological polar surface area (TPSA) is 18.5 Å². The Bertz CT molecular complexity index is 295. The second-order valence-corrected chi connectivity index (χ2v) is 7.56. The first kappa shape index (κ1) is 16.3. The van der Waals surface area contributed by atoms with Crippen LogP contribution < -0.4 is 5.32 Å². The molecule has 118 valence electrons. The van der Waals surface area contributed by atoms with Crippen LogP contribution in [0.1, 0.15) is 46.5 Å². The van der Waals surface area contributed by atoms with Crippen LogP contribution in [0, 0.1) is 11.3 Å². The summed E-state index contributed by atoms with van der Waals surface area (Å²) < 4.78 is 0. The summed E-state index contributed by atoms with van der Waals surface area (Å²) in [7, 11) is 4.46. The van der Waals surface area contributed by atoms with Crippen LogP contribution in [0.5, 0.6) is 0 Å². The maximum Gasteiger partial charge on any atom is 0.0254 e. The zero-order valence-corrected chi connectivity index (χ0v) is 14.3. The first-order valence-electron chi connectivity index (χ1n) is 8.62. The Morgan fingerprint density at radius 1 is 1.15 bits per heavy atom. The molecule has 1 heterocycles. The maximum atomic E-state index is 3.78. The van der Waals surface area contributed by atoms with Gasteiger partial charge in [-0.15, -0.1) is 0 Å². The second-order valence-electron chi connectivity index (χ2n) is 7.56. The van der Waals surface area contributed by atoms with Crippen LogP contribution in [0.15, 0.2) is 0 Å². The largest absolute Gasteiger partial charge is 0.313 e. The molecule has 2 rings (SSSR count). The highest BCUT2D eigenvalue weighted by molar-refractivity contribution is 4.93. The van der Waals surface area contributed by atoms with Crippen LogP contribution in [-0.2, 0) is 0 Å². The van der Waals surface area contributed by atoms with Gasteiger partial charge in [0.15, 0.2) is 0 Å². The van der Waals surface area contributed by atoms with E-state index in [2.05, 4.69) is 50.0 Å². The average Bonchev–Trinajstić information content (AvgIpc) is 3.17. The minimum absolute atomic E-state index is 0.476. The van der Waals surface area contributed by atoms with Gasteiger partial charge in [0.1, 0.15) is 0 Å². The summed E-state index contributed by atoms with van der Waals surface area (Å²) in [6.45, 7) is 12.2. The van der Waals surface area contributed by atoms with Crippen molar-refractivity contribution in [2.75, 3.05) is 40.3 Å². The minimum Gasteiger partial charge on any atom is -0.313 e. The molecule has 2 unspecified atom stereocenters. The zero-order valence-electron chi connectivity index (χ0n) is 14.3. The maximum absolute atomic E-state index is 3.78. The first-order valence-corrected chi connectivity index (χ1v) is 8.62. The van der Waals surface area contributed by atoms with Gasteiger partial charge in [0.25, 0.3) is 0 Å². The summed E-state index contributed by atoms with van der Waals surface area (Å²) in [5, 5.41) is 3.78. The van der Waals surface area contributed by atoms with Gasteiger partial charge in [-0.2, -0.15) is 0 Å². The number of hydrogen-bond donors (Lipinski definition) is 1. The lowest BCUT2D eigenvalue weighted by molar-refractivity contribution is 0.146. The van der Waals surface area contributed by atoms with E-state index in [0.29, 0.717) is 5.41 Å². The van der Waals surface area contributed by atoms with Crippen LogP contribution in [0.3, 0.4) is 0 Å². The Kier molecular flexibility index (Phi) is 5.49. The van der Waals surface area contributed by atoms with Crippen molar-refractivity contribution in [3.63, 3.8) is 0 Å². The molecule has 3 heteroatoms. The molecule has 2 fully saturated rings. The Balaban J connectivity index is 1.90. The highest BCUT2D eigenvalue weighted by Gasteiger charge is 2.37. The van der Waals surface area contributed by atoms with Crippen molar-refractivity contribution >= 4 is 0 Å². The van der Waals surface area contributed by atoms with E-state index in [0.717, 1.165) is 18.0 Å². The highest BCUT2D eigenvalue weighted by atomic mass is 15.2. The van der Waals surface area contributed by atoms with E-state index in [1.54, 1.807) is 0 Å². The van der Waals surface area contributed by atoms with Gasteiger partial charge in [-0.1, -0.05) is 20.8 Å². The highest BCUT2D eigenvalue weighted by Crippen LogP contribution is 2.31. The minimum atomic E-state index is 0.476. The molecule has 0 aromatic heterocycles. The molecular formula is C17H35N3. The van der Waals surface area contributed by atoms with Crippen molar-refractivity contribution in [2.24, 2.45) is 11.3 Å². The molecule has 0 aromatic carbocycles. The summed E-state index contributed by atoms with van der Waals surface area (Å²) >= 11 is 0. The third kappa shape index (κ3) is 3.96. The molecule has 1 N–H and O–H groups in total. The number of hydrogen-bond acceptors (Lipinski definition) is 3. The Morgan fingerprint density at radius 3 is 2.25 bits per heavy atom. The fourth-order valence-corrected chi connectivity index (χ4v) is 3.75. The summed E-state index contributed by atoms with van der Waals surface area (Å²) in [4.78, 5) is 5.13. The standard InChI is InChI=1S/C17H35N3/c1-6-17(7-2,12-18-15-8-9-15)13-20-10-14(3)16(11-20)19(4)5/h14-16,18H,6-13H2,1-5H3. The molecule has 3 nitrogen and oxygen atoms in total. The molecule has 1 saturated carbocycles. The van der Waals surface area contributed by atoms with Crippen LogP contribution in [0.2, 0.25) is 0 Å². The van der Waals surface area contributed by atoms with E-state index in [1.165, 1.54) is 51.9 Å². The Hall–Kier alpha value is -0.120. The van der Waals surface area contributed by atoms with Gasteiger partial charge in [0, 0.05) is 38.3 Å². The lowest BCUT2D eigenvalue weighted by Gasteiger charge is -2.36. The summed E-state index contributed by atoms with van der Waals surface area (Å²) in [5.74, 6) is 0.799. The van der Waals surface area contributed by atoms with E-state index in [4.69, 9.17) is 0 Å². The van der Waals surface area contributed by atoms with E-state index in [-0.39, 0.29) is 0 Å². The van der Waals surface area contributed by atoms with Crippen molar-refractivity contribution < 1.29 is 0 Å². The van der Waals surface area contributed by atoms with Crippen molar-refractivity contribution in [1.82, 2.24) is 15.1 Å². The van der Waals surface area contributed by atoms with Gasteiger partial charge in [-0.3, -0.25) is 0 Å².